The topological polar surface area (TPSA) is 23.6 Å². The van der Waals surface area contributed by atoms with Crippen molar-refractivity contribution in [3.05, 3.63) is 29.8 Å². The van der Waals surface area contributed by atoms with E-state index in [1.807, 2.05) is 28.0 Å². The van der Waals surface area contributed by atoms with Crippen molar-refractivity contribution in [3.8, 4) is 0 Å². The highest BCUT2D eigenvalue weighted by atomic mass is 32.1. The Morgan fingerprint density at radius 3 is 2.61 bits per heavy atom. The van der Waals surface area contributed by atoms with Crippen LogP contribution in [0.4, 0.5) is 5.69 Å². The van der Waals surface area contributed by atoms with Gasteiger partial charge in [0.05, 0.1) is 0 Å². The van der Waals surface area contributed by atoms with Crippen LogP contribution in [0.3, 0.4) is 0 Å². The molecule has 0 N–H and O–H groups in total. The normalized spacial score (nSPS) is 18.0. The standard InChI is InChI=1S/C14H16N2OS/c17-13(14(18)15-8-3-4-9-15)16-10-7-11-5-1-2-6-12(11)16/h1-2,5-6H,3-4,7-10H2. The summed E-state index contributed by atoms with van der Waals surface area (Å²) in [5.41, 5.74) is 2.28. The van der Waals surface area contributed by atoms with Gasteiger partial charge in [0.15, 0.2) is 4.99 Å². The van der Waals surface area contributed by atoms with Crippen molar-refractivity contribution in [3.63, 3.8) is 0 Å². The van der Waals surface area contributed by atoms with E-state index in [1.54, 1.807) is 0 Å². The Bertz CT molecular complexity index is 494. The Kier molecular flexibility index (Phi) is 3.04. The average Bonchev–Trinajstić information content (AvgIpc) is 3.06. The summed E-state index contributed by atoms with van der Waals surface area (Å²) in [5, 5.41) is 0. The van der Waals surface area contributed by atoms with E-state index in [9.17, 15) is 4.79 Å². The lowest BCUT2D eigenvalue weighted by molar-refractivity contribution is -0.112. The zero-order valence-electron chi connectivity index (χ0n) is 10.3. The molecular weight excluding hydrogens is 244 g/mol. The number of fused-ring (bicyclic) bond motifs is 1. The molecule has 18 heavy (non-hydrogen) atoms. The number of hydrogen-bond donors (Lipinski definition) is 0. The fraction of sp³-hybridized carbons (Fsp3) is 0.429. The number of likely N-dealkylation sites (tertiary alicyclic amines) is 1. The van der Waals surface area contributed by atoms with E-state index >= 15 is 0 Å². The quantitative estimate of drug-likeness (QED) is 0.667. The van der Waals surface area contributed by atoms with Crippen LogP contribution in [0.2, 0.25) is 0 Å². The molecule has 4 heteroatoms. The van der Waals surface area contributed by atoms with Crippen LogP contribution in [0, 0.1) is 0 Å². The number of carbonyl (C=O) groups excluding carboxylic acids is 1. The Hall–Kier alpha value is -1.42. The molecule has 3 rings (SSSR count). The van der Waals surface area contributed by atoms with Gasteiger partial charge in [-0.25, -0.2) is 0 Å². The highest BCUT2D eigenvalue weighted by Gasteiger charge is 2.29. The second kappa shape index (κ2) is 4.69. The Balaban J connectivity index is 1.80. The molecule has 0 aromatic heterocycles. The lowest BCUT2D eigenvalue weighted by Crippen LogP contribution is -2.42. The fourth-order valence-corrected chi connectivity index (χ4v) is 3.01. The fourth-order valence-electron chi connectivity index (χ4n) is 2.72. The smallest absolute Gasteiger partial charge is 0.285 e. The van der Waals surface area contributed by atoms with Gasteiger partial charge < -0.3 is 9.80 Å². The highest BCUT2D eigenvalue weighted by Crippen LogP contribution is 2.28. The Morgan fingerprint density at radius 1 is 1.11 bits per heavy atom. The molecule has 1 fully saturated rings. The van der Waals surface area contributed by atoms with Crippen LogP contribution in [0.15, 0.2) is 24.3 Å². The number of amides is 1. The van der Waals surface area contributed by atoms with Crippen molar-refractivity contribution < 1.29 is 4.79 Å². The number of rotatable bonds is 0. The molecule has 1 aromatic rings. The van der Waals surface area contributed by atoms with Gasteiger partial charge >= 0.3 is 0 Å². The summed E-state index contributed by atoms with van der Waals surface area (Å²) in [6, 6.07) is 8.09. The molecule has 0 saturated carbocycles. The number of thiocarbonyl (C=S) groups is 1. The maximum Gasteiger partial charge on any atom is 0.285 e. The van der Waals surface area contributed by atoms with Gasteiger partial charge in [0, 0.05) is 25.3 Å². The van der Waals surface area contributed by atoms with E-state index in [0.29, 0.717) is 4.99 Å². The van der Waals surface area contributed by atoms with E-state index in [0.717, 1.165) is 44.6 Å². The van der Waals surface area contributed by atoms with Gasteiger partial charge in [-0.05, 0) is 30.9 Å². The van der Waals surface area contributed by atoms with Crippen molar-refractivity contribution in [2.24, 2.45) is 0 Å². The second-order valence-corrected chi connectivity index (χ2v) is 5.22. The molecule has 2 aliphatic rings. The summed E-state index contributed by atoms with van der Waals surface area (Å²) >= 11 is 5.34. The first-order valence-electron chi connectivity index (χ1n) is 6.46. The van der Waals surface area contributed by atoms with Crippen molar-refractivity contribution in [2.75, 3.05) is 24.5 Å². The first kappa shape index (κ1) is 11.7. The second-order valence-electron chi connectivity index (χ2n) is 4.83. The molecule has 3 nitrogen and oxygen atoms in total. The molecule has 1 aromatic carbocycles. The minimum atomic E-state index is -0.00292. The number of para-hydroxylation sites is 1. The lowest BCUT2D eigenvalue weighted by Gasteiger charge is -2.23. The number of benzene rings is 1. The maximum atomic E-state index is 12.4. The van der Waals surface area contributed by atoms with E-state index in [2.05, 4.69) is 6.07 Å². The summed E-state index contributed by atoms with van der Waals surface area (Å²) in [4.78, 5) is 16.8. The van der Waals surface area contributed by atoms with Gasteiger partial charge in [-0.2, -0.15) is 0 Å². The molecule has 0 bridgehead atoms. The van der Waals surface area contributed by atoms with Gasteiger partial charge in [0.1, 0.15) is 0 Å². The SMILES string of the molecule is O=C(C(=S)N1CCCC1)N1CCc2ccccc21. The summed E-state index contributed by atoms with van der Waals surface area (Å²) in [5.74, 6) is -0.00292. The first-order chi connectivity index (χ1) is 8.77. The lowest BCUT2D eigenvalue weighted by atomic mass is 10.2. The van der Waals surface area contributed by atoms with Crippen LogP contribution in [-0.2, 0) is 11.2 Å². The zero-order chi connectivity index (χ0) is 12.5. The van der Waals surface area contributed by atoms with E-state index in [4.69, 9.17) is 12.2 Å². The Morgan fingerprint density at radius 2 is 1.83 bits per heavy atom. The van der Waals surface area contributed by atoms with Crippen LogP contribution in [-0.4, -0.2) is 35.4 Å². The molecule has 0 spiro atoms. The van der Waals surface area contributed by atoms with Gasteiger partial charge in [-0.3, -0.25) is 4.79 Å². The van der Waals surface area contributed by atoms with E-state index < -0.39 is 0 Å². The number of anilines is 1. The molecule has 2 aliphatic heterocycles. The highest BCUT2D eigenvalue weighted by molar-refractivity contribution is 7.82. The van der Waals surface area contributed by atoms with Crippen molar-refractivity contribution in [2.45, 2.75) is 19.3 Å². The number of hydrogen-bond acceptors (Lipinski definition) is 2. The van der Waals surface area contributed by atoms with Crippen molar-refractivity contribution in [1.29, 1.82) is 0 Å². The molecular formula is C14H16N2OS. The van der Waals surface area contributed by atoms with Crippen LogP contribution in [0.25, 0.3) is 0 Å². The molecule has 2 heterocycles. The van der Waals surface area contributed by atoms with Gasteiger partial charge in [0.25, 0.3) is 5.91 Å². The third kappa shape index (κ3) is 1.90. The van der Waals surface area contributed by atoms with Crippen LogP contribution < -0.4 is 4.90 Å². The summed E-state index contributed by atoms with van der Waals surface area (Å²) < 4.78 is 0. The summed E-state index contributed by atoms with van der Waals surface area (Å²) in [7, 11) is 0. The molecule has 94 valence electrons. The van der Waals surface area contributed by atoms with Crippen LogP contribution in [0.5, 0.6) is 0 Å². The largest absolute Gasteiger partial charge is 0.358 e. The average molecular weight is 260 g/mol. The molecule has 1 amide bonds. The number of nitrogens with zero attached hydrogens (tertiary/aromatic N) is 2. The van der Waals surface area contributed by atoms with Crippen molar-refractivity contribution in [1.82, 2.24) is 4.90 Å². The van der Waals surface area contributed by atoms with E-state index in [-0.39, 0.29) is 5.91 Å². The predicted octanol–water partition coefficient (Wildman–Crippen LogP) is 2.00. The van der Waals surface area contributed by atoms with Crippen molar-refractivity contribution >= 4 is 28.8 Å². The molecule has 0 aliphatic carbocycles. The van der Waals surface area contributed by atoms with Gasteiger partial charge in [-0.1, -0.05) is 30.4 Å². The summed E-state index contributed by atoms with van der Waals surface area (Å²) in [6.07, 6.45) is 3.22. The molecule has 0 unspecified atom stereocenters. The van der Waals surface area contributed by atoms with Crippen LogP contribution in [0.1, 0.15) is 18.4 Å². The Labute approximate surface area is 112 Å². The van der Waals surface area contributed by atoms with Gasteiger partial charge in [-0.15, -0.1) is 0 Å². The minimum Gasteiger partial charge on any atom is -0.358 e. The third-order valence-corrected chi connectivity index (χ3v) is 4.14. The first-order valence-corrected chi connectivity index (χ1v) is 6.87. The number of carbonyl (C=O) groups is 1. The summed E-state index contributed by atoms with van der Waals surface area (Å²) in [6.45, 7) is 2.62. The van der Waals surface area contributed by atoms with Crippen LogP contribution >= 0.6 is 12.2 Å². The third-order valence-electron chi connectivity index (χ3n) is 3.71. The maximum absolute atomic E-state index is 12.4. The molecule has 0 radical (unpaired) electrons. The van der Waals surface area contributed by atoms with E-state index in [1.165, 1.54) is 5.56 Å². The molecule has 0 atom stereocenters. The monoisotopic (exact) mass is 260 g/mol. The predicted molar refractivity (Wildman–Crippen MR) is 75.9 cm³/mol. The minimum absolute atomic E-state index is 0.00292. The molecule has 1 saturated heterocycles. The zero-order valence-corrected chi connectivity index (χ0v) is 11.1. The van der Waals surface area contributed by atoms with Gasteiger partial charge in [0.2, 0.25) is 0 Å².